The van der Waals surface area contributed by atoms with E-state index in [0.29, 0.717) is 0 Å². The Labute approximate surface area is 78.2 Å². The average molecular weight is 187 g/mol. The predicted molar refractivity (Wildman–Crippen MR) is 46.8 cm³/mol. The van der Waals surface area contributed by atoms with Gasteiger partial charge in [-0.1, -0.05) is 0 Å². The number of carbonyl (C=O) groups is 2. The zero-order chi connectivity index (χ0) is 10.4. The summed E-state index contributed by atoms with van der Waals surface area (Å²) < 4.78 is 9.51. The van der Waals surface area contributed by atoms with Crippen LogP contribution in [-0.2, 0) is 19.1 Å². The predicted octanol–water partition coefficient (Wildman–Crippen LogP) is 1.09. The third kappa shape index (κ3) is 5.22. The number of hydrogen-bond acceptors (Lipinski definition) is 4. The summed E-state index contributed by atoms with van der Waals surface area (Å²) in [5, 5.41) is 0. The SMILES string of the molecule is [CH2]CC(=O)OC(C)C(=O)OC(C)C. The van der Waals surface area contributed by atoms with Crippen molar-refractivity contribution in [3.05, 3.63) is 6.92 Å². The summed E-state index contributed by atoms with van der Waals surface area (Å²) in [4.78, 5) is 21.8. The first-order valence-corrected chi connectivity index (χ1v) is 4.16. The highest BCUT2D eigenvalue weighted by molar-refractivity contribution is 5.79. The van der Waals surface area contributed by atoms with E-state index in [1.807, 2.05) is 0 Å². The zero-order valence-corrected chi connectivity index (χ0v) is 8.20. The molecule has 0 aliphatic heterocycles. The Morgan fingerprint density at radius 2 is 1.77 bits per heavy atom. The van der Waals surface area contributed by atoms with Crippen LogP contribution < -0.4 is 0 Å². The molecular formula is C9H15O4. The second kappa shape index (κ2) is 5.56. The Morgan fingerprint density at radius 1 is 1.23 bits per heavy atom. The van der Waals surface area contributed by atoms with Crippen molar-refractivity contribution in [3.8, 4) is 0 Å². The smallest absolute Gasteiger partial charge is 0.347 e. The van der Waals surface area contributed by atoms with Crippen molar-refractivity contribution in [2.75, 3.05) is 0 Å². The van der Waals surface area contributed by atoms with Gasteiger partial charge in [0.05, 0.1) is 6.10 Å². The zero-order valence-electron chi connectivity index (χ0n) is 8.20. The van der Waals surface area contributed by atoms with Gasteiger partial charge in [-0.2, -0.15) is 0 Å². The first kappa shape index (κ1) is 11.9. The Kier molecular flexibility index (Phi) is 5.11. The third-order valence-electron chi connectivity index (χ3n) is 1.20. The van der Waals surface area contributed by atoms with E-state index in [1.54, 1.807) is 13.8 Å². The molecule has 0 amide bonds. The van der Waals surface area contributed by atoms with Gasteiger partial charge >= 0.3 is 11.9 Å². The number of rotatable bonds is 4. The van der Waals surface area contributed by atoms with Crippen molar-refractivity contribution >= 4 is 11.9 Å². The largest absolute Gasteiger partial charge is 0.460 e. The van der Waals surface area contributed by atoms with Gasteiger partial charge in [0.1, 0.15) is 0 Å². The Bertz CT molecular complexity index is 186. The molecule has 75 valence electrons. The average Bonchev–Trinajstić information content (AvgIpc) is 2.02. The second-order valence-corrected chi connectivity index (χ2v) is 2.87. The van der Waals surface area contributed by atoms with E-state index in [1.165, 1.54) is 6.92 Å². The molecule has 4 heteroatoms. The minimum absolute atomic E-state index is 0.0132. The van der Waals surface area contributed by atoms with Gasteiger partial charge in [0.15, 0.2) is 6.10 Å². The monoisotopic (exact) mass is 187 g/mol. The fourth-order valence-electron chi connectivity index (χ4n) is 0.632. The van der Waals surface area contributed by atoms with Crippen LogP contribution in [0.3, 0.4) is 0 Å². The molecule has 1 radical (unpaired) electrons. The molecule has 0 aromatic rings. The van der Waals surface area contributed by atoms with Gasteiger partial charge in [0.25, 0.3) is 0 Å². The van der Waals surface area contributed by atoms with Crippen LogP contribution in [0.2, 0.25) is 0 Å². The lowest BCUT2D eigenvalue weighted by molar-refractivity contribution is -0.168. The molecule has 0 saturated carbocycles. The Morgan fingerprint density at radius 3 is 2.15 bits per heavy atom. The summed E-state index contributed by atoms with van der Waals surface area (Å²) in [6.45, 7) is 8.26. The van der Waals surface area contributed by atoms with E-state index >= 15 is 0 Å². The van der Waals surface area contributed by atoms with Gasteiger partial charge in [0.2, 0.25) is 0 Å². The molecule has 0 fully saturated rings. The summed E-state index contributed by atoms with van der Waals surface area (Å²) >= 11 is 0. The van der Waals surface area contributed by atoms with E-state index in [4.69, 9.17) is 4.74 Å². The molecule has 0 N–H and O–H groups in total. The molecule has 1 atom stereocenters. The van der Waals surface area contributed by atoms with Crippen LogP contribution in [0.4, 0.5) is 0 Å². The highest BCUT2D eigenvalue weighted by Crippen LogP contribution is 1.99. The van der Waals surface area contributed by atoms with Gasteiger partial charge in [-0.25, -0.2) is 4.79 Å². The minimum Gasteiger partial charge on any atom is -0.460 e. The quantitative estimate of drug-likeness (QED) is 0.618. The van der Waals surface area contributed by atoms with Crippen LogP contribution in [0, 0.1) is 6.92 Å². The highest BCUT2D eigenvalue weighted by Gasteiger charge is 2.18. The van der Waals surface area contributed by atoms with Gasteiger partial charge in [0, 0.05) is 6.42 Å². The van der Waals surface area contributed by atoms with Gasteiger partial charge in [-0.3, -0.25) is 4.79 Å². The second-order valence-electron chi connectivity index (χ2n) is 2.87. The maximum absolute atomic E-state index is 11.1. The van der Waals surface area contributed by atoms with Gasteiger partial charge in [-0.15, -0.1) is 0 Å². The summed E-state index contributed by atoms with van der Waals surface area (Å²) in [5.74, 6) is -1.04. The molecule has 0 saturated heterocycles. The van der Waals surface area contributed by atoms with Crippen molar-refractivity contribution in [2.24, 2.45) is 0 Å². The number of esters is 2. The first-order chi connectivity index (χ1) is 5.97. The Balaban J connectivity index is 3.89. The summed E-state index contributed by atoms with van der Waals surface area (Å²) in [7, 11) is 0. The van der Waals surface area contributed by atoms with Crippen LogP contribution in [0.15, 0.2) is 0 Å². The fourth-order valence-corrected chi connectivity index (χ4v) is 0.632. The molecule has 13 heavy (non-hydrogen) atoms. The van der Waals surface area contributed by atoms with Crippen LogP contribution >= 0.6 is 0 Å². The molecule has 0 rings (SSSR count). The van der Waals surface area contributed by atoms with Crippen LogP contribution in [-0.4, -0.2) is 24.1 Å². The lowest BCUT2D eigenvalue weighted by atomic mass is 10.4. The highest BCUT2D eigenvalue weighted by atomic mass is 16.6. The van der Waals surface area contributed by atoms with Gasteiger partial charge in [-0.05, 0) is 27.7 Å². The molecule has 0 spiro atoms. The summed E-state index contributed by atoms with van der Waals surface area (Å²) in [6.07, 6.45) is -1.04. The van der Waals surface area contributed by atoms with Crippen molar-refractivity contribution in [2.45, 2.75) is 39.4 Å². The molecule has 0 bridgehead atoms. The van der Waals surface area contributed by atoms with E-state index in [2.05, 4.69) is 11.7 Å². The molecule has 0 aromatic carbocycles. The third-order valence-corrected chi connectivity index (χ3v) is 1.20. The molecule has 0 heterocycles. The number of hydrogen-bond donors (Lipinski definition) is 0. The van der Waals surface area contributed by atoms with Crippen molar-refractivity contribution < 1.29 is 19.1 Å². The van der Waals surface area contributed by atoms with Crippen LogP contribution in [0.25, 0.3) is 0 Å². The molecule has 0 aromatic heterocycles. The van der Waals surface area contributed by atoms with E-state index in [9.17, 15) is 9.59 Å². The van der Waals surface area contributed by atoms with Crippen molar-refractivity contribution in [1.82, 2.24) is 0 Å². The molecule has 0 aliphatic carbocycles. The van der Waals surface area contributed by atoms with Crippen molar-refractivity contribution in [1.29, 1.82) is 0 Å². The van der Waals surface area contributed by atoms with E-state index < -0.39 is 18.0 Å². The summed E-state index contributed by atoms with van der Waals surface area (Å²) in [5.41, 5.74) is 0. The topological polar surface area (TPSA) is 52.6 Å². The van der Waals surface area contributed by atoms with Crippen molar-refractivity contribution in [3.63, 3.8) is 0 Å². The van der Waals surface area contributed by atoms with E-state index in [0.717, 1.165) is 0 Å². The number of carbonyl (C=O) groups excluding carboxylic acids is 2. The maximum Gasteiger partial charge on any atom is 0.347 e. The molecule has 0 aliphatic rings. The minimum atomic E-state index is -0.850. The standard InChI is InChI=1S/C9H15O4/c1-5-8(10)13-7(4)9(11)12-6(2)3/h6-7H,1,5H2,2-4H3. The Hall–Kier alpha value is -1.06. The lowest BCUT2D eigenvalue weighted by Gasteiger charge is -2.13. The lowest BCUT2D eigenvalue weighted by Crippen LogP contribution is -2.28. The molecule has 1 unspecified atom stereocenters. The maximum atomic E-state index is 11.1. The molecular weight excluding hydrogens is 172 g/mol. The first-order valence-electron chi connectivity index (χ1n) is 4.16. The normalized spacial score (nSPS) is 12.4. The number of ether oxygens (including phenoxy) is 2. The summed E-state index contributed by atoms with van der Waals surface area (Å²) in [6, 6.07) is 0. The van der Waals surface area contributed by atoms with Crippen LogP contribution in [0.1, 0.15) is 27.2 Å². The van der Waals surface area contributed by atoms with E-state index in [-0.39, 0.29) is 12.5 Å². The van der Waals surface area contributed by atoms with Gasteiger partial charge < -0.3 is 9.47 Å². The van der Waals surface area contributed by atoms with Crippen LogP contribution in [0.5, 0.6) is 0 Å². The fraction of sp³-hybridized carbons (Fsp3) is 0.667. The molecule has 4 nitrogen and oxygen atoms in total.